The molecule has 3 aromatic rings. The second-order valence-electron chi connectivity index (χ2n) is 5.48. The lowest BCUT2D eigenvalue weighted by Gasteiger charge is -2.14. The molecule has 1 amide bonds. The van der Waals surface area contributed by atoms with Crippen LogP contribution in [0.1, 0.15) is 10.7 Å². The topological polar surface area (TPSA) is 105 Å². The van der Waals surface area contributed by atoms with E-state index in [9.17, 15) is 4.79 Å². The Morgan fingerprint density at radius 1 is 0.893 bits per heavy atom. The molecule has 0 saturated carbocycles. The summed E-state index contributed by atoms with van der Waals surface area (Å²) >= 11 is 0. The molecule has 0 bridgehead atoms. The highest BCUT2D eigenvalue weighted by Gasteiger charge is 2.20. The molecule has 28 heavy (non-hydrogen) atoms. The normalized spacial score (nSPS) is 10.3. The standard InChI is InChI=1S/C19H19N3O6/c1-24-13-8-6-5-7-12(13)18-21-22-19(28-18)17(23)20-11-9-14(25-2)16(27-4)15(10-11)26-3/h5-10H,1-4H3,(H,20,23). The Bertz CT molecular complexity index is 960. The van der Waals surface area contributed by atoms with Crippen molar-refractivity contribution in [1.29, 1.82) is 0 Å². The number of carbonyl (C=O) groups excluding carboxylic acids is 1. The highest BCUT2D eigenvalue weighted by Crippen LogP contribution is 2.40. The van der Waals surface area contributed by atoms with Gasteiger partial charge in [0, 0.05) is 17.8 Å². The van der Waals surface area contributed by atoms with E-state index in [4.69, 9.17) is 23.4 Å². The van der Waals surface area contributed by atoms with E-state index in [1.807, 2.05) is 6.07 Å². The van der Waals surface area contributed by atoms with Crippen molar-refractivity contribution < 1.29 is 28.2 Å². The average molecular weight is 385 g/mol. The molecule has 3 rings (SSSR count). The molecule has 1 aromatic heterocycles. The molecule has 0 saturated heterocycles. The van der Waals surface area contributed by atoms with Crippen molar-refractivity contribution in [1.82, 2.24) is 10.2 Å². The molecule has 9 heteroatoms. The van der Waals surface area contributed by atoms with Gasteiger partial charge in [0.15, 0.2) is 11.5 Å². The maximum absolute atomic E-state index is 12.5. The molecule has 0 unspecified atom stereocenters. The number of methoxy groups -OCH3 is 4. The summed E-state index contributed by atoms with van der Waals surface area (Å²) < 4.78 is 26.6. The summed E-state index contributed by atoms with van der Waals surface area (Å²) in [4.78, 5) is 12.5. The first kappa shape index (κ1) is 19.0. The number of amides is 1. The van der Waals surface area contributed by atoms with E-state index in [1.165, 1.54) is 28.4 Å². The molecule has 1 N–H and O–H groups in total. The quantitative estimate of drug-likeness (QED) is 0.662. The van der Waals surface area contributed by atoms with Gasteiger partial charge in [0.25, 0.3) is 5.89 Å². The van der Waals surface area contributed by atoms with Crippen LogP contribution in [0, 0.1) is 0 Å². The maximum Gasteiger partial charge on any atom is 0.313 e. The number of hydrogen-bond donors (Lipinski definition) is 1. The first-order valence-corrected chi connectivity index (χ1v) is 8.19. The summed E-state index contributed by atoms with van der Waals surface area (Å²) in [7, 11) is 6.00. The van der Waals surface area contributed by atoms with E-state index in [0.717, 1.165) is 0 Å². The van der Waals surface area contributed by atoms with Crippen LogP contribution in [-0.2, 0) is 0 Å². The minimum atomic E-state index is -0.581. The molecule has 0 fully saturated rings. The molecule has 146 valence electrons. The van der Waals surface area contributed by atoms with Crippen molar-refractivity contribution >= 4 is 11.6 Å². The largest absolute Gasteiger partial charge is 0.496 e. The van der Waals surface area contributed by atoms with E-state index < -0.39 is 5.91 Å². The maximum atomic E-state index is 12.5. The van der Waals surface area contributed by atoms with Crippen molar-refractivity contribution in [3.8, 4) is 34.5 Å². The molecule has 0 atom stereocenters. The predicted octanol–water partition coefficient (Wildman–Crippen LogP) is 3.02. The van der Waals surface area contributed by atoms with E-state index in [-0.39, 0.29) is 11.8 Å². The van der Waals surface area contributed by atoms with E-state index >= 15 is 0 Å². The highest BCUT2D eigenvalue weighted by atomic mass is 16.5. The van der Waals surface area contributed by atoms with Crippen LogP contribution in [0.4, 0.5) is 5.69 Å². The molecular formula is C19H19N3O6. The van der Waals surface area contributed by atoms with Gasteiger partial charge < -0.3 is 28.7 Å². The van der Waals surface area contributed by atoms with E-state index in [1.54, 1.807) is 30.3 Å². The number of carbonyl (C=O) groups is 1. The Morgan fingerprint density at radius 2 is 1.54 bits per heavy atom. The van der Waals surface area contributed by atoms with Gasteiger partial charge in [-0.1, -0.05) is 12.1 Å². The van der Waals surface area contributed by atoms with Crippen molar-refractivity contribution in [3.63, 3.8) is 0 Å². The molecular weight excluding hydrogens is 366 g/mol. The summed E-state index contributed by atoms with van der Waals surface area (Å²) in [6.45, 7) is 0. The number of nitrogens with one attached hydrogen (secondary N) is 1. The third kappa shape index (κ3) is 3.68. The van der Waals surface area contributed by atoms with Gasteiger partial charge in [-0.05, 0) is 12.1 Å². The smallest absolute Gasteiger partial charge is 0.313 e. The van der Waals surface area contributed by atoms with Gasteiger partial charge in [0.1, 0.15) is 5.75 Å². The Labute approximate surface area is 161 Å². The fraction of sp³-hybridized carbons (Fsp3) is 0.211. The van der Waals surface area contributed by atoms with E-state index in [2.05, 4.69) is 15.5 Å². The fourth-order valence-electron chi connectivity index (χ4n) is 2.58. The van der Waals surface area contributed by atoms with Gasteiger partial charge in [0.2, 0.25) is 5.75 Å². The number of hydrogen-bond acceptors (Lipinski definition) is 8. The average Bonchev–Trinajstić information content (AvgIpc) is 3.23. The third-order valence-corrected chi connectivity index (χ3v) is 3.88. The van der Waals surface area contributed by atoms with Crippen LogP contribution in [0.25, 0.3) is 11.5 Å². The summed E-state index contributed by atoms with van der Waals surface area (Å²) in [5.74, 6) is 1.17. The Balaban J connectivity index is 1.86. The minimum absolute atomic E-state index is 0.174. The monoisotopic (exact) mass is 385 g/mol. The summed E-state index contributed by atoms with van der Waals surface area (Å²) in [6, 6.07) is 10.3. The number of ether oxygens (including phenoxy) is 4. The van der Waals surface area contributed by atoms with Crippen LogP contribution in [0.15, 0.2) is 40.8 Å². The summed E-state index contributed by atoms with van der Waals surface area (Å²) in [6.07, 6.45) is 0. The molecule has 0 radical (unpaired) electrons. The number of rotatable bonds is 7. The minimum Gasteiger partial charge on any atom is -0.496 e. The fourth-order valence-corrected chi connectivity index (χ4v) is 2.58. The van der Waals surface area contributed by atoms with Gasteiger partial charge in [-0.15, -0.1) is 10.2 Å². The van der Waals surface area contributed by atoms with Crippen LogP contribution in [0.3, 0.4) is 0 Å². The van der Waals surface area contributed by atoms with Gasteiger partial charge in [0.05, 0.1) is 34.0 Å². The Kier molecular flexibility index (Phi) is 5.64. The number of nitrogens with zero attached hydrogens (tertiary/aromatic N) is 2. The number of para-hydroxylation sites is 1. The number of anilines is 1. The summed E-state index contributed by atoms with van der Waals surface area (Å²) in [5, 5.41) is 10.4. The Hall–Kier alpha value is -3.75. The SMILES string of the molecule is COc1ccccc1-c1nnc(C(=O)Nc2cc(OC)c(OC)c(OC)c2)o1. The van der Waals surface area contributed by atoms with E-state index in [0.29, 0.717) is 34.2 Å². The van der Waals surface area contributed by atoms with Crippen LogP contribution in [-0.4, -0.2) is 44.5 Å². The lowest BCUT2D eigenvalue weighted by molar-refractivity contribution is 0.0990. The second-order valence-corrected chi connectivity index (χ2v) is 5.48. The van der Waals surface area contributed by atoms with Crippen molar-refractivity contribution in [2.75, 3.05) is 33.8 Å². The zero-order valence-corrected chi connectivity index (χ0v) is 15.8. The molecule has 0 aliphatic carbocycles. The van der Waals surface area contributed by atoms with Crippen LogP contribution in [0.2, 0.25) is 0 Å². The lowest BCUT2D eigenvalue weighted by atomic mass is 10.2. The zero-order chi connectivity index (χ0) is 20.1. The summed E-state index contributed by atoms with van der Waals surface area (Å²) in [5.41, 5.74) is 1.00. The van der Waals surface area contributed by atoms with Gasteiger partial charge in [-0.2, -0.15) is 0 Å². The number of benzene rings is 2. The first-order chi connectivity index (χ1) is 13.6. The van der Waals surface area contributed by atoms with Crippen LogP contribution >= 0.6 is 0 Å². The second kappa shape index (κ2) is 8.30. The third-order valence-electron chi connectivity index (χ3n) is 3.88. The molecule has 9 nitrogen and oxygen atoms in total. The Morgan fingerprint density at radius 3 is 2.14 bits per heavy atom. The molecule has 1 heterocycles. The van der Waals surface area contributed by atoms with Crippen LogP contribution < -0.4 is 24.3 Å². The van der Waals surface area contributed by atoms with Crippen molar-refractivity contribution in [2.45, 2.75) is 0 Å². The van der Waals surface area contributed by atoms with Gasteiger partial charge in [-0.3, -0.25) is 4.79 Å². The number of aromatic nitrogens is 2. The lowest BCUT2D eigenvalue weighted by Crippen LogP contribution is -2.12. The van der Waals surface area contributed by atoms with Gasteiger partial charge >= 0.3 is 11.8 Å². The molecule has 0 aliphatic rings. The molecule has 2 aromatic carbocycles. The predicted molar refractivity (Wildman–Crippen MR) is 100 cm³/mol. The highest BCUT2D eigenvalue weighted by molar-refractivity contribution is 6.01. The van der Waals surface area contributed by atoms with Crippen molar-refractivity contribution in [3.05, 3.63) is 42.3 Å². The first-order valence-electron chi connectivity index (χ1n) is 8.19. The van der Waals surface area contributed by atoms with Crippen molar-refractivity contribution in [2.24, 2.45) is 0 Å². The zero-order valence-electron chi connectivity index (χ0n) is 15.8. The molecule has 0 aliphatic heterocycles. The van der Waals surface area contributed by atoms with Crippen LogP contribution in [0.5, 0.6) is 23.0 Å². The van der Waals surface area contributed by atoms with Gasteiger partial charge in [-0.25, -0.2) is 0 Å². The molecule has 0 spiro atoms.